The van der Waals surface area contributed by atoms with Crippen molar-refractivity contribution in [2.75, 3.05) is 38.1 Å². The lowest BCUT2D eigenvalue weighted by Gasteiger charge is -2.36. The Kier molecular flexibility index (Phi) is 5.63. The first-order valence-corrected chi connectivity index (χ1v) is 9.17. The molecule has 1 fully saturated rings. The maximum atomic E-state index is 4.44. The second-order valence-corrected chi connectivity index (χ2v) is 6.90. The first-order chi connectivity index (χ1) is 11.8. The van der Waals surface area contributed by atoms with Crippen LogP contribution in [-0.2, 0) is 13.0 Å². The van der Waals surface area contributed by atoms with Crippen LogP contribution in [0.5, 0.6) is 0 Å². The number of piperazine rings is 1. The fraction of sp³-hybridized carbons (Fsp3) is 0.471. The van der Waals surface area contributed by atoms with E-state index in [-0.39, 0.29) is 0 Å². The number of hydrogen-bond donors (Lipinski definition) is 1. The third-order valence-electron chi connectivity index (χ3n) is 4.11. The lowest BCUT2D eigenvalue weighted by molar-refractivity contribution is 0.370. The van der Waals surface area contributed by atoms with Gasteiger partial charge in [-0.05, 0) is 24.6 Å². The smallest absolute Gasteiger partial charge is 0.225 e. The van der Waals surface area contributed by atoms with Crippen molar-refractivity contribution in [2.45, 2.75) is 19.9 Å². The largest absolute Gasteiger partial charge is 0.351 e. The van der Waals surface area contributed by atoms with E-state index in [2.05, 4.69) is 49.1 Å². The molecule has 3 rings (SSSR count). The molecule has 0 unspecified atom stereocenters. The molecule has 0 bridgehead atoms. The summed E-state index contributed by atoms with van der Waals surface area (Å²) in [5, 5.41) is 3.48. The molecule has 1 N–H and O–H groups in total. The number of aryl methyl sites for hydroxylation is 1. The van der Waals surface area contributed by atoms with Crippen LogP contribution >= 0.6 is 11.3 Å². The van der Waals surface area contributed by atoms with E-state index in [0.29, 0.717) is 0 Å². The fourth-order valence-corrected chi connectivity index (χ4v) is 3.68. The Morgan fingerprint density at radius 3 is 2.50 bits per heavy atom. The summed E-state index contributed by atoms with van der Waals surface area (Å²) in [5.74, 6) is 1.78. The van der Waals surface area contributed by atoms with Gasteiger partial charge >= 0.3 is 0 Å². The molecule has 0 spiro atoms. The van der Waals surface area contributed by atoms with Gasteiger partial charge in [-0.2, -0.15) is 0 Å². The van der Waals surface area contributed by atoms with Crippen molar-refractivity contribution in [3.63, 3.8) is 0 Å². The van der Waals surface area contributed by atoms with Crippen LogP contribution in [0, 0.1) is 0 Å². The summed E-state index contributed by atoms with van der Waals surface area (Å²) in [6.07, 6.45) is 4.68. The summed E-state index contributed by atoms with van der Waals surface area (Å²) < 4.78 is 0. The van der Waals surface area contributed by atoms with Crippen molar-refractivity contribution in [3.8, 4) is 0 Å². The van der Waals surface area contributed by atoms with Gasteiger partial charge in [-0.1, -0.05) is 6.92 Å². The number of hydrogen-bond acceptors (Lipinski definition) is 5. The number of nitrogens with one attached hydrogen (secondary N) is 1. The van der Waals surface area contributed by atoms with E-state index >= 15 is 0 Å². The van der Waals surface area contributed by atoms with Crippen molar-refractivity contribution >= 4 is 23.2 Å². The minimum Gasteiger partial charge on any atom is -0.351 e. The summed E-state index contributed by atoms with van der Waals surface area (Å²) in [6, 6.07) is 6.26. The molecule has 24 heavy (non-hydrogen) atoms. The van der Waals surface area contributed by atoms with Crippen molar-refractivity contribution in [1.82, 2.24) is 20.2 Å². The highest BCUT2D eigenvalue weighted by atomic mass is 32.1. The number of aromatic nitrogens is 2. The van der Waals surface area contributed by atoms with Crippen LogP contribution in [0.1, 0.15) is 16.7 Å². The van der Waals surface area contributed by atoms with Crippen molar-refractivity contribution in [3.05, 3.63) is 40.3 Å². The maximum absolute atomic E-state index is 4.44. The van der Waals surface area contributed by atoms with Gasteiger partial charge in [-0.25, -0.2) is 9.97 Å². The first kappa shape index (κ1) is 16.7. The summed E-state index contributed by atoms with van der Waals surface area (Å²) >= 11 is 1.87. The van der Waals surface area contributed by atoms with E-state index < -0.39 is 0 Å². The van der Waals surface area contributed by atoms with Gasteiger partial charge in [0.15, 0.2) is 5.96 Å². The Morgan fingerprint density at radius 1 is 1.17 bits per heavy atom. The standard InChI is InChI=1S/C17H24N6S/c1-3-14-5-6-15(24-14)13-21-16(18-2)22-9-11-23(12-10-22)17-19-7-4-8-20-17/h4-8H,3,9-13H2,1-2H3,(H,18,21). The molecule has 0 radical (unpaired) electrons. The van der Waals surface area contributed by atoms with Crippen molar-refractivity contribution in [1.29, 1.82) is 0 Å². The van der Waals surface area contributed by atoms with E-state index in [9.17, 15) is 0 Å². The second kappa shape index (κ2) is 8.10. The van der Waals surface area contributed by atoms with Crippen molar-refractivity contribution in [2.24, 2.45) is 4.99 Å². The monoisotopic (exact) mass is 344 g/mol. The Hall–Kier alpha value is -2.15. The molecule has 6 nitrogen and oxygen atoms in total. The summed E-state index contributed by atoms with van der Waals surface area (Å²) in [4.78, 5) is 20.4. The third-order valence-corrected chi connectivity index (χ3v) is 5.34. The quantitative estimate of drug-likeness (QED) is 0.679. The highest BCUT2D eigenvalue weighted by molar-refractivity contribution is 7.11. The Balaban J connectivity index is 1.52. The highest BCUT2D eigenvalue weighted by Crippen LogP contribution is 2.17. The zero-order chi connectivity index (χ0) is 16.8. The lowest BCUT2D eigenvalue weighted by atomic mass is 10.3. The molecule has 2 aromatic heterocycles. The average molecular weight is 344 g/mol. The van der Waals surface area contributed by atoms with E-state index in [4.69, 9.17) is 0 Å². The van der Waals surface area contributed by atoms with Gasteiger partial charge in [0, 0.05) is 55.4 Å². The summed E-state index contributed by atoms with van der Waals surface area (Å²) in [6.45, 7) is 6.68. The molecule has 3 heterocycles. The minimum absolute atomic E-state index is 0.811. The SMILES string of the molecule is CCc1ccc(CNC(=NC)N2CCN(c3ncccn3)CC2)s1. The van der Waals surface area contributed by atoms with E-state index in [0.717, 1.165) is 51.1 Å². The number of thiophene rings is 1. The van der Waals surface area contributed by atoms with Gasteiger partial charge in [0.05, 0.1) is 6.54 Å². The van der Waals surface area contributed by atoms with Crippen LogP contribution in [0.2, 0.25) is 0 Å². The maximum Gasteiger partial charge on any atom is 0.225 e. The zero-order valence-electron chi connectivity index (χ0n) is 14.3. The lowest BCUT2D eigenvalue weighted by Crippen LogP contribution is -2.52. The number of nitrogens with zero attached hydrogens (tertiary/aromatic N) is 5. The van der Waals surface area contributed by atoms with Crippen LogP contribution in [0.15, 0.2) is 35.6 Å². The summed E-state index contributed by atoms with van der Waals surface area (Å²) in [7, 11) is 1.85. The van der Waals surface area contributed by atoms with E-state index in [1.54, 1.807) is 12.4 Å². The van der Waals surface area contributed by atoms with Crippen LogP contribution < -0.4 is 10.2 Å². The zero-order valence-corrected chi connectivity index (χ0v) is 15.1. The summed E-state index contributed by atoms with van der Waals surface area (Å²) in [5.41, 5.74) is 0. The highest BCUT2D eigenvalue weighted by Gasteiger charge is 2.21. The predicted octanol–water partition coefficient (Wildman–Crippen LogP) is 2.00. The molecule has 7 heteroatoms. The van der Waals surface area contributed by atoms with Gasteiger partial charge in [-0.3, -0.25) is 4.99 Å². The number of aliphatic imine (C=N–C) groups is 1. The number of rotatable bonds is 4. The van der Waals surface area contributed by atoms with Gasteiger partial charge in [-0.15, -0.1) is 11.3 Å². The fourth-order valence-electron chi connectivity index (χ4n) is 2.78. The van der Waals surface area contributed by atoms with Gasteiger partial charge in [0.2, 0.25) is 5.95 Å². The Labute approximate surface area is 147 Å². The Bertz CT molecular complexity index is 661. The van der Waals surface area contributed by atoms with Crippen LogP contribution in [0.3, 0.4) is 0 Å². The van der Waals surface area contributed by atoms with Crippen LogP contribution in [0.25, 0.3) is 0 Å². The third kappa shape index (κ3) is 4.03. The van der Waals surface area contributed by atoms with Gasteiger partial charge in [0.1, 0.15) is 0 Å². The molecule has 1 aliphatic rings. The minimum atomic E-state index is 0.811. The van der Waals surface area contributed by atoms with E-state index in [1.165, 1.54) is 9.75 Å². The molecule has 0 amide bonds. The second-order valence-electron chi connectivity index (χ2n) is 5.65. The average Bonchev–Trinajstić information content (AvgIpc) is 3.12. The number of guanidine groups is 1. The number of anilines is 1. The molecule has 2 aromatic rings. The van der Waals surface area contributed by atoms with E-state index in [1.807, 2.05) is 24.5 Å². The topological polar surface area (TPSA) is 56.7 Å². The first-order valence-electron chi connectivity index (χ1n) is 8.35. The van der Waals surface area contributed by atoms with Crippen LogP contribution in [-0.4, -0.2) is 54.1 Å². The van der Waals surface area contributed by atoms with Gasteiger partial charge < -0.3 is 15.1 Å². The van der Waals surface area contributed by atoms with Crippen molar-refractivity contribution < 1.29 is 0 Å². The normalized spacial score (nSPS) is 15.7. The molecule has 0 saturated carbocycles. The van der Waals surface area contributed by atoms with Gasteiger partial charge in [0.25, 0.3) is 0 Å². The molecule has 1 saturated heterocycles. The Morgan fingerprint density at radius 2 is 1.88 bits per heavy atom. The molecule has 128 valence electrons. The predicted molar refractivity (Wildman–Crippen MR) is 99.7 cm³/mol. The molecule has 0 aromatic carbocycles. The molecular formula is C17H24N6S. The molecule has 0 atom stereocenters. The molecule has 1 aliphatic heterocycles. The van der Waals surface area contributed by atoms with Crippen LogP contribution in [0.4, 0.5) is 5.95 Å². The molecular weight excluding hydrogens is 320 g/mol. The molecule has 0 aliphatic carbocycles.